The summed E-state index contributed by atoms with van der Waals surface area (Å²) in [5.41, 5.74) is 3.68. The summed E-state index contributed by atoms with van der Waals surface area (Å²) >= 11 is 1.55. The number of benzene rings is 2. The van der Waals surface area contributed by atoms with E-state index in [1.54, 1.807) is 18.0 Å². The Kier molecular flexibility index (Phi) is 7.03. The molecule has 1 fully saturated rings. The molecule has 4 rings (SSSR count). The molecule has 1 aliphatic rings. The van der Waals surface area contributed by atoms with Gasteiger partial charge in [0.05, 0.1) is 11.5 Å². The fraction of sp³-hybridized carbons (Fsp3) is 0.208. The maximum atomic E-state index is 11.6. The molecule has 0 radical (unpaired) electrons. The van der Waals surface area contributed by atoms with Gasteiger partial charge in [-0.3, -0.25) is 4.79 Å². The molecule has 0 bridgehead atoms. The molecule has 1 aromatic heterocycles. The minimum atomic E-state index is -0.257. The Morgan fingerprint density at radius 2 is 1.97 bits per heavy atom. The van der Waals surface area contributed by atoms with Crippen molar-refractivity contribution in [2.75, 3.05) is 35.4 Å². The van der Waals surface area contributed by atoms with Crippen molar-refractivity contribution in [1.82, 2.24) is 9.97 Å². The van der Waals surface area contributed by atoms with E-state index in [4.69, 9.17) is 4.74 Å². The molecule has 0 aliphatic carbocycles. The van der Waals surface area contributed by atoms with E-state index in [2.05, 4.69) is 44.6 Å². The second-order valence-corrected chi connectivity index (χ2v) is 8.17. The molecular formula is C24H25N5O2S. The van der Waals surface area contributed by atoms with Crippen LogP contribution in [0.1, 0.15) is 17.9 Å². The van der Waals surface area contributed by atoms with Crippen molar-refractivity contribution in [3.63, 3.8) is 0 Å². The number of anilines is 5. The number of nitrogens with one attached hydrogen (secondary N) is 3. The van der Waals surface area contributed by atoms with E-state index in [-0.39, 0.29) is 5.91 Å². The monoisotopic (exact) mass is 447 g/mol. The van der Waals surface area contributed by atoms with Crippen LogP contribution in [0.2, 0.25) is 0 Å². The highest BCUT2D eigenvalue weighted by molar-refractivity contribution is 7.98. The van der Waals surface area contributed by atoms with Gasteiger partial charge in [-0.2, -0.15) is 4.98 Å². The number of carbonyl (C=O) groups is 1. The van der Waals surface area contributed by atoms with E-state index >= 15 is 0 Å². The maximum Gasteiger partial charge on any atom is 0.247 e. The maximum absolute atomic E-state index is 11.6. The molecular weight excluding hydrogens is 422 g/mol. The third kappa shape index (κ3) is 5.46. The highest BCUT2D eigenvalue weighted by Gasteiger charge is 2.17. The average molecular weight is 448 g/mol. The van der Waals surface area contributed by atoms with Crippen molar-refractivity contribution in [3.8, 4) is 0 Å². The summed E-state index contributed by atoms with van der Waals surface area (Å²) < 4.78 is 5.48. The zero-order valence-corrected chi connectivity index (χ0v) is 18.6. The van der Waals surface area contributed by atoms with Crippen molar-refractivity contribution >= 4 is 46.5 Å². The number of carbonyl (C=O) groups excluding carboxylic acids is 1. The van der Waals surface area contributed by atoms with Gasteiger partial charge in [-0.05, 0) is 54.6 Å². The minimum absolute atomic E-state index is 0.257. The predicted molar refractivity (Wildman–Crippen MR) is 130 cm³/mol. The van der Waals surface area contributed by atoms with Gasteiger partial charge in [0.15, 0.2) is 0 Å². The minimum Gasteiger partial charge on any atom is -0.381 e. The fourth-order valence-electron chi connectivity index (χ4n) is 3.44. The zero-order valence-electron chi connectivity index (χ0n) is 17.8. The molecule has 2 heterocycles. The van der Waals surface area contributed by atoms with Gasteiger partial charge in [-0.15, -0.1) is 11.8 Å². The first-order chi connectivity index (χ1) is 15.6. The van der Waals surface area contributed by atoms with E-state index in [9.17, 15) is 4.79 Å². The summed E-state index contributed by atoms with van der Waals surface area (Å²) in [6.45, 7) is 5.10. The van der Waals surface area contributed by atoms with Crippen molar-refractivity contribution in [2.45, 2.75) is 17.2 Å². The normalized spacial score (nSPS) is 15.2. The van der Waals surface area contributed by atoms with Gasteiger partial charge < -0.3 is 20.7 Å². The number of amides is 1. The third-order valence-corrected chi connectivity index (χ3v) is 5.86. The summed E-state index contributed by atoms with van der Waals surface area (Å²) in [7, 11) is 0. The molecule has 3 N–H and O–H groups in total. The van der Waals surface area contributed by atoms with Crippen LogP contribution in [0.5, 0.6) is 0 Å². The van der Waals surface area contributed by atoms with Gasteiger partial charge in [0.2, 0.25) is 11.9 Å². The molecule has 8 heteroatoms. The molecule has 0 saturated carbocycles. The molecule has 32 heavy (non-hydrogen) atoms. The lowest BCUT2D eigenvalue weighted by Gasteiger charge is -2.13. The molecule has 1 unspecified atom stereocenters. The number of rotatable bonds is 8. The SMILES string of the molecule is C=CC(=O)Nc1cccc(Nc2nc(Nc3ccc(C4CCOC4)cc3)ncc2SC)c1. The second-order valence-electron chi connectivity index (χ2n) is 7.32. The van der Waals surface area contributed by atoms with Gasteiger partial charge in [-0.1, -0.05) is 24.8 Å². The molecule has 1 saturated heterocycles. The Morgan fingerprint density at radius 1 is 1.16 bits per heavy atom. The molecule has 1 aliphatic heterocycles. The van der Waals surface area contributed by atoms with Gasteiger partial charge in [0.1, 0.15) is 5.82 Å². The van der Waals surface area contributed by atoms with Crippen molar-refractivity contribution in [2.24, 2.45) is 0 Å². The zero-order chi connectivity index (χ0) is 22.3. The Balaban J connectivity index is 1.49. The van der Waals surface area contributed by atoms with Crippen LogP contribution in [0.4, 0.5) is 28.8 Å². The first-order valence-corrected chi connectivity index (χ1v) is 11.5. The first-order valence-electron chi connectivity index (χ1n) is 10.3. The molecule has 164 valence electrons. The van der Waals surface area contributed by atoms with Crippen molar-refractivity contribution < 1.29 is 9.53 Å². The summed E-state index contributed by atoms with van der Waals surface area (Å²) in [6, 6.07) is 15.8. The third-order valence-electron chi connectivity index (χ3n) is 5.12. The smallest absolute Gasteiger partial charge is 0.247 e. The van der Waals surface area contributed by atoms with Crippen LogP contribution >= 0.6 is 11.8 Å². The van der Waals surface area contributed by atoms with Crippen LogP contribution in [-0.4, -0.2) is 35.3 Å². The predicted octanol–water partition coefficient (Wildman–Crippen LogP) is 5.31. The molecule has 3 aromatic rings. The Labute approximate surface area is 191 Å². The molecule has 2 aromatic carbocycles. The lowest BCUT2D eigenvalue weighted by molar-refractivity contribution is -0.111. The van der Waals surface area contributed by atoms with E-state index in [1.165, 1.54) is 11.6 Å². The quantitative estimate of drug-likeness (QED) is 0.318. The summed E-state index contributed by atoms with van der Waals surface area (Å²) in [4.78, 5) is 21.6. The van der Waals surface area contributed by atoms with Crippen LogP contribution in [0.15, 0.2) is 72.3 Å². The van der Waals surface area contributed by atoms with Crippen LogP contribution < -0.4 is 16.0 Å². The topological polar surface area (TPSA) is 88.2 Å². The number of aromatic nitrogens is 2. The Hall–Kier alpha value is -3.36. The van der Waals surface area contributed by atoms with E-state index in [1.807, 2.05) is 42.7 Å². The molecule has 1 amide bonds. The summed E-state index contributed by atoms with van der Waals surface area (Å²) in [5, 5.41) is 9.36. The number of hydrogen-bond acceptors (Lipinski definition) is 7. The molecule has 0 spiro atoms. The van der Waals surface area contributed by atoms with Crippen molar-refractivity contribution in [1.29, 1.82) is 0 Å². The lowest BCUT2D eigenvalue weighted by Crippen LogP contribution is -2.07. The number of hydrogen-bond donors (Lipinski definition) is 3. The van der Waals surface area contributed by atoms with Gasteiger partial charge in [0, 0.05) is 35.8 Å². The fourth-order valence-corrected chi connectivity index (χ4v) is 3.89. The molecule has 7 nitrogen and oxygen atoms in total. The Bertz CT molecular complexity index is 1100. The van der Waals surface area contributed by atoms with Gasteiger partial charge >= 0.3 is 0 Å². The second kappa shape index (κ2) is 10.3. The largest absolute Gasteiger partial charge is 0.381 e. The highest BCUT2D eigenvalue weighted by atomic mass is 32.2. The van der Waals surface area contributed by atoms with E-state index in [0.717, 1.165) is 35.9 Å². The highest BCUT2D eigenvalue weighted by Crippen LogP contribution is 2.29. The van der Waals surface area contributed by atoms with Gasteiger partial charge in [0.25, 0.3) is 0 Å². The summed E-state index contributed by atoms with van der Waals surface area (Å²) in [6.07, 6.45) is 6.07. The van der Waals surface area contributed by atoms with E-state index in [0.29, 0.717) is 23.4 Å². The van der Waals surface area contributed by atoms with Crippen LogP contribution in [0, 0.1) is 0 Å². The number of ether oxygens (including phenoxy) is 1. The van der Waals surface area contributed by atoms with Crippen LogP contribution in [-0.2, 0) is 9.53 Å². The summed E-state index contributed by atoms with van der Waals surface area (Å²) in [5.74, 6) is 1.40. The number of nitrogens with zero attached hydrogens (tertiary/aromatic N) is 2. The van der Waals surface area contributed by atoms with Gasteiger partial charge in [-0.25, -0.2) is 4.98 Å². The lowest BCUT2D eigenvalue weighted by atomic mass is 9.98. The van der Waals surface area contributed by atoms with Crippen LogP contribution in [0.3, 0.4) is 0 Å². The van der Waals surface area contributed by atoms with Crippen molar-refractivity contribution in [3.05, 3.63) is 72.9 Å². The number of thioether (sulfide) groups is 1. The average Bonchev–Trinajstić information content (AvgIpc) is 3.35. The van der Waals surface area contributed by atoms with Crippen LogP contribution in [0.25, 0.3) is 0 Å². The standard InChI is InChI=1S/C24H25N5O2S/c1-3-22(30)26-19-5-4-6-20(13-19)27-23-21(32-2)14-25-24(29-23)28-18-9-7-16(8-10-18)17-11-12-31-15-17/h3-10,13-14,17H,1,11-12,15H2,2H3,(H,26,30)(H2,25,27,28,29). The Morgan fingerprint density at radius 3 is 2.69 bits per heavy atom. The molecule has 1 atom stereocenters. The van der Waals surface area contributed by atoms with E-state index < -0.39 is 0 Å². The first kappa shape index (κ1) is 21.9.